The van der Waals surface area contributed by atoms with E-state index in [4.69, 9.17) is 4.74 Å². The number of halogens is 1. The van der Waals surface area contributed by atoms with Gasteiger partial charge in [-0.3, -0.25) is 0 Å². The van der Waals surface area contributed by atoms with Crippen LogP contribution < -0.4 is 5.32 Å². The summed E-state index contributed by atoms with van der Waals surface area (Å²) in [5.41, 5.74) is 0.103. The number of thiophene rings is 1. The molecule has 2 nitrogen and oxygen atoms in total. The molecule has 16 heavy (non-hydrogen) atoms. The minimum atomic E-state index is 0.103. The second-order valence-corrected chi connectivity index (χ2v) is 6.72. The van der Waals surface area contributed by atoms with Gasteiger partial charge >= 0.3 is 0 Å². The second kappa shape index (κ2) is 5.63. The fraction of sp³-hybridized carbons (Fsp3) is 0.667. The van der Waals surface area contributed by atoms with Gasteiger partial charge in [0.1, 0.15) is 0 Å². The van der Waals surface area contributed by atoms with Gasteiger partial charge < -0.3 is 10.1 Å². The molecule has 0 saturated carbocycles. The van der Waals surface area contributed by atoms with E-state index in [0.29, 0.717) is 0 Å². The Morgan fingerprint density at radius 3 is 2.38 bits per heavy atom. The molecule has 0 bridgehead atoms. The Labute approximate surface area is 111 Å². The highest BCUT2D eigenvalue weighted by Crippen LogP contribution is 2.37. The van der Waals surface area contributed by atoms with Crippen LogP contribution in [0.1, 0.15) is 31.7 Å². The van der Waals surface area contributed by atoms with E-state index in [2.05, 4.69) is 53.5 Å². The lowest BCUT2D eigenvalue weighted by molar-refractivity contribution is -0.00944. The third-order valence-corrected chi connectivity index (χ3v) is 4.60. The summed E-state index contributed by atoms with van der Waals surface area (Å²) in [6, 6.07) is 2.30. The number of hydrogen-bond acceptors (Lipinski definition) is 3. The third-order valence-electron chi connectivity index (χ3n) is 2.65. The summed E-state index contributed by atoms with van der Waals surface area (Å²) in [5, 5.41) is 5.45. The van der Waals surface area contributed by atoms with E-state index in [0.717, 1.165) is 4.47 Å². The van der Waals surface area contributed by atoms with Crippen molar-refractivity contribution in [3.05, 3.63) is 20.8 Å². The summed E-state index contributed by atoms with van der Waals surface area (Å²) in [5.74, 6) is 0. The predicted octanol–water partition coefficient (Wildman–Crippen LogP) is 3.83. The van der Waals surface area contributed by atoms with Crippen LogP contribution in [-0.4, -0.2) is 20.3 Å². The summed E-state index contributed by atoms with van der Waals surface area (Å²) in [4.78, 5) is 1.30. The highest BCUT2D eigenvalue weighted by molar-refractivity contribution is 9.10. The monoisotopic (exact) mass is 305 g/mol. The molecule has 0 radical (unpaired) electrons. The summed E-state index contributed by atoms with van der Waals surface area (Å²) in [6.45, 7) is 6.60. The van der Waals surface area contributed by atoms with Crippen molar-refractivity contribution in [2.45, 2.75) is 32.9 Å². The van der Waals surface area contributed by atoms with E-state index < -0.39 is 0 Å². The molecule has 92 valence electrons. The Hall–Kier alpha value is 0.1000. The van der Waals surface area contributed by atoms with Crippen LogP contribution in [0.15, 0.2) is 15.9 Å². The maximum atomic E-state index is 5.67. The van der Waals surface area contributed by atoms with Crippen molar-refractivity contribution in [1.82, 2.24) is 5.32 Å². The Morgan fingerprint density at radius 1 is 1.44 bits per heavy atom. The maximum absolute atomic E-state index is 5.67. The van der Waals surface area contributed by atoms with Crippen LogP contribution >= 0.6 is 27.3 Å². The van der Waals surface area contributed by atoms with Gasteiger partial charge in [-0.1, -0.05) is 20.8 Å². The fourth-order valence-electron chi connectivity index (χ4n) is 1.94. The smallest absolute Gasteiger partial charge is 0.0822 e. The molecule has 1 heterocycles. The van der Waals surface area contributed by atoms with Crippen LogP contribution in [0.2, 0.25) is 0 Å². The zero-order chi connectivity index (χ0) is 12.3. The van der Waals surface area contributed by atoms with Gasteiger partial charge in [0.15, 0.2) is 0 Å². The lowest BCUT2D eigenvalue weighted by atomic mass is 9.84. The van der Waals surface area contributed by atoms with E-state index >= 15 is 0 Å². The van der Waals surface area contributed by atoms with Gasteiger partial charge in [-0.25, -0.2) is 0 Å². The van der Waals surface area contributed by atoms with Crippen molar-refractivity contribution in [2.24, 2.45) is 5.41 Å². The highest BCUT2D eigenvalue weighted by atomic mass is 79.9. The first-order chi connectivity index (χ1) is 7.41. The third kappa shape index (κ3) is 3.06. The molecule has 0 aliphatic heterocycles. The van der Waals surface area contributed by atoms with Crippen molar-refractivity contribution in [1.29, 1.82) is 0 Å². The summed E-state index contributed by atoms with van der Waals surface area (Å²) < 4.78 is 6.83. The summed E-state index contributed by atoms with van der Waals surface area (Å²) >= 11 is 5.34. The van der Waals surface area contributed by atoms with Gasteiger partial charge in [0.25, 0.3) is 0 Å². The lowest BCUT2D eigenvalue weighted by Gasteiger charge is -2.35. The first kappa shape index (κ1) is 14.2. The number of rotatable bonds is 4. The van der Waals surface area contributed by atoms with E-state index in [-0.39, 0.29) is 17.6 Å². The molecule has 0 saturated heterocycles. The van der Waals surface area contributed by atoms with Crippen molar-refractivity contribution < 1.29 is 4.74 Å². The molecule has 1 rings (SSSR count). The number of methoxy groups -OCH3 is 1. The van der Waals surface area contributed by atoms with Crippen LogP contribution in [0.4, 0.5) is 0 Å². The normalized spacial score (nSPS) is 16.1. The van der Waals surface area contributed by atoms with E-state index in [1.165, 1.54) is 4.88 Å². The van der Waals surface area contributed by atoms with Crippen molar-refractivity contribution in [2.75, 3.05) is 14.2 Å². The van der Waals surface area contributed by atoms with Crippen LogP contribution in [0.5, 0.6) is 0 Å². The predicted molar refractivity (Wildman–Crippen MR) is 74.1 cm³/mol. The van der Waals surface area contributed by atoms with Crippen LogP contribution in [0.3, 0.4) is 0 Å². The average molecular weight is 306 g/mol. The van der Waals surface area contributed by atoms with Crippen LogP contribution in [0.25, 0.3) is 0 Å². The van der Waals surface area contributed by atoms with Gasteiger partial charge in [0, 0.05) is 16.5 Å². The number of hydrogen-bond donors (Lipinski definition) is 1. The van der Waals surface area contributed by atoms with E-state index in [9.17, 15) is 0 Å². The Morgan fingerprint density at radius 2 is 2.06 bits per heavy atom. The molecule has 1 aromatic heterocycles. The fourth-order valence-corrected chi connectivity index (χ4v) is 3.69. The molecule has 1 N–H and O–H groups in total. The Bertz CT molecular complexity index is 332. The molecule has 0 spiro atoms. The molecule has 0 aliphatic rings. The molecule has 2 atom stereocenters. The largest absolute Gasteiger partial charge is 0.379 e. The zero-order valence-electron chi connectivity index (χ0n) is 10.5. The Balaban J connectivity index is 3.02. The highest BCUT2D eigenvalue weighted by Gasteiger charge is 2.34. The number of likely N-dealkylation sites (N-methyl/N-ethyl adjacent to an activating group) is 1. The number of nitrogens with one attached hydrogen (secondary N) is 1. The Kier molecular flexibility index (Phi) is 4.98. The van der Waals surface area contributed by atoms with Crippen LogP contribution in [0, 0.1) is 5.41 Å². The number of ether oxygens (including phenoxy) is 1. The topological polar surface area (TPSA) is 21.3 Å². The molecular weight excluding hydrogens is 286 g/mol. The molecule has 0 aromatic carbocycles. The first-order valence-electron chi connectivity index (χ1n) is 5.34. The van der Waals surface area contributed by atoms with Crippen molar-refractivity contribution >= 4 is 27.3 Å². The van der Waals surface area contributed by atoms with Gasteiger partial charge in [-0.05, 0) is 39.8 Å². The molecule has 0 amide bonds. The molecule has 0 fully saturated rings. The maximum Gasteiger partial charge on any atom is 0.0822 e. The average Bonchev–Trinajstić information content (AvgIpc) is 2.58. The summed E-state index contributed by atoms with van der Waals surface area (Å²) in [7, 11) is 3.76. The standard InChI is InChI=1S/C12H20BrNOS/c1-12(2,3)11(15-5)9(14-4)10-8(13)6-7-16-10/h6-7,9,11,14H,1-5H3. The first-order valence-corrected chi connectivity index (χ1v) is 7.02. The van der Waals surface area contributed by atoms with Crippen molar-refractivity contribution in [3.8, 4) is 0 Å². The van der Waals surface area contributed by atoms with Crippen LogP contribution in [-0.2, 0) is 4.74 Å². The van der Waals surface area contributed by atoms with Gasteiger partial charge in [0.2, 0.25) is 0 Å². The van der Waals surface area contributed by atoms with Gasteiger partial charge in [-0.2, -0.15) is 0 Å². The molecular formula is C12H20BrNOS. The zero-order valence-corrected chi connectivity index (χ0v) is 12.9. The van der Waals surface area contributed by atoms with E-state index in [1.807, 2.05) is 7.05 Å². The summed E-state index contributed by atoms with van der Waals surface area (Å²) in [6.07, 6.45) is 0.146. The van der Waals surface area contributed by atoms with Gasteiger partial charge in [-0.15, -0.1) is 11.3 Å². The van der Waals surface area contributed by atoms with Gasteiger partial charge in [0.05, 0.1) is 12.1 Å². The second-order valence-electron chi connectivity index (χ2n) is 4.92. The molecule has 0 aliphatic carbocycles. The quantitative estimate of drug-likeness (QED) is 0.913. The molecule has 2 unspecified atom stereocenters. The SMILES string of the molecule is CNC(c1sccc1Br)C(OC)C(C)(C)C. The minimum Gasteiger partial charge on any atom is -0.379 e. The van der Waals surface area contributed by atoms with E-state index in [1.54, 1.807) is 18.4 Å². The van der Waals surface area contributed by atoms with Crippen molar-refractivity contribution in [3.63, 3.8) is 0 Å². The molecule has 1 aromatic rings. The lowest BCUT2D eigenvalue weighted by Crippen LogP contribution is -2.40. The minimum absolute atomic E-state index is 0.103. The molecule has 4 heteroatoms.